The summed E-state index contributed by atoms with van der Waals surface area (Å²) in [5, 5.41) is 0. The van der Waals surface area contributed by atoms with E-state index >= 15 is 0 Å². The summed E-state index contributed by atoms with van der Waals surface area (Å²) in [4.78, 5) is 11.7. The van der Waals surface area contributed by atoms with Gasteiger partial charge in [0.15, 0.2) is 0 Å². The van der Waals surface area contributed by atoms with Gasteiger partial charge < -0.3 is 19.5 Å². The van der Waals surface area contributed by atoms with Gasteiger partial charge in [-0.05, 0) is 19.3 Å². The van der Waals surface area contributed by atoms with E-state index in [1.54, 1.807) is 0 Å². The lowest BCUT2D eigenvalue weighted by Crippen LogP contribution is -2.12. The molecule has 134 valence electrons. The van der Waals surface area contributed by atoms with Crippen LogP contribution in [0.15, 0.2) is 16.6 Å². The van der Waals surface area contributed by atoms with Gasteiger partial charge in [0.05, 0.1) is 19.3 Å². The molecule has 0 fully saturated rings. The van der Waals surface area contributed by atoms with Gasteiger partial charge >= 0.3 is 12.6 Å². The van der Waals surface area contributed by atoms with Crippen LogP contribution in [0.5, 0.6) is 0 Å². The fourth-order valence-electron chi connectivity index (χ4n) is 1.46. The Morgan fingerprint density at radius 1 is 1.17 bits per heavy atom. The Kier molecular flexibility index (Phi) is 12.0. The maximum absolute atomic E-state index is 11.7. The van der Waals surface area contributed by atoms with Crippen molar-refractivity contribution >= 4 is 30.3 Å². The largest absolute Gasteiger partial charge is 0.462 e. The highest BCUT2D eigenvalue weighted by atomic mass is 32.5. The van der Waals surface area contributed by atoms with Crippen molar-refractivity contribution in [3.05, 3.63) is 11.8 Å². The monoisotopic (exact) mass is 364 g/mol. The molecule has 0 aromatic rings. The Morgan fingerprint density at radius 3 is 2.35 bits per heavy atom. The molecule has 0 rings (SSSR count). The van der Waals surface area contributed by atoms with E-state index in [1.807, 2.05) is 27.7 Å². The van der Waals surface area contributed by atoms with Crippen molar-refractivity contribution in [1.29, 1.82) is 0 Å². The third kappa shape index (κ3) is 10.5. The lowest BCUT2D eigenvalue weighted by molar-refractivity contribution is -0.137. The molecule has 23 heavy (non-hydrogen) atoms. The number of hydrogen-bond acceptors (Lipinski definition) is 5. The topological polar surface area (TPSA) is 83.1 Å². The maximum atomic E-state index is 11.7. The molecule has 0 radical (unpaired) electrons. The standard InChI is InChI=1S/C15H29N2O4PS/c1-5-9-14(16)17-22(23,20-11-7-3)21-13(8-4)12-15(18)19-10-6-2/h12H,5-11H2,1-4H3,(H2,16,17,23). The van der Waals surface area contributed by atoms with E-state index in [4.69, 9.17) is 31.3 Å². The van der Waals surface area contributed by atoms with Crippen LogP contribution in [-0.2, 0) is 30.4 Å². The molecule has 0 spiro atoms. The third-order valence-corrected chi connectivity index (χ3v) is 4.78. The molecule has 1 unspecified atom stereocenters. The van der Waals surface area contributed by atoms with Crippen LogP contribution in [0.25, 0.3) is 0 Å². The zero-order chi connectivity index (χ0) is 17.7. The normalized spacial score (nSPS) is 15.1. The molecule has 6 nitrogen and oxygen atoms in total. The van der Waals surface area contributed by atoms with Gasteiger partial charge in [0.1, 0.15) is 11.6 Å². The molecule has 8 heteroatoms. The van der Waals surface area contributed by atoms with Crippen LogP contribution in [0.1, 0.15) is 59.8 Å². The van der Waals surface area contributed by atoms with Crippen LogP contribution in [0.3, 0.4) is 0 Å². The predicted octanol–water partition coefficient (Wildman–Crippen LogP) is 4.06. The highest BCUT2D eigenvalue weighted by Gasteiger charge is 2.22. The molecule has 0 aliphatic heterocycles. The summed E-state index contributed by atoms with van der Waals surface area (Å²) in [5.74, 6) is 0.362. The van der Waals surface area contributed by atoms with Gasteiger partial charge in [0, 0.05) is 24.6 Å². The van der Waals surface area contributed by atoms with Gasteiger partial charge in [0.2, 0.25) is 0 Å². The lowest BCUT2D eigenvalue weighted by atomic mass is 10.3. The number of ether oxygens (including phenoxy) is 1. The van der Waals surface area contributed by atoms with Crippen molar-refractivity contribution in [3.63, 3.8) is 0 Å². The smallest absolute Gasteiger partial charge is 0.362 e. The molecule has 0 saturated heterocycles. The first-order valence-corrected chi connectivity index (χ1v) is 10.7. The van der Waals surface area contributed by atoms with E-state index in [0.29, 0.717) is 37.7 Å². The molecular formula is C15H29N2O4PS. The summed E-state index contributed by atoms with van der Waals surface area (Å²) in [6.45, 7) is 5.60. The van der Waals surface area contributed by atoms with Gasteiger partial charge in [-0.3, -0.25) is 0 Å². The van der Waals surface area contributed by atoms with E-state index in [0.717, 1.165) is 19.3 Å². The SMILES string of the molecule is CCCOC(=O)C=C(CC)OP(=S)(N=C(N)CCC)OCCC. The number of esters is 1. The average Bonchev–Trinajstić information content (AvgIpc) is 2.50. The van der Waals surface area contributed by atoms with E-state index in [1.165, 1.54) is 6.08 Å². The number of hydrogen-bond donors (Lipinski definition) is 1. The van der Waals surface area contributed by atoms with Gasteiger partial charge in [-0.25, -0.2) is 4.79 Å². The summed E-state index contributed by atoms with van der Waals surface area (Å²) in [6, 6.07) is 0. The molecule has 0 aliphatic carbocycles. The first-order valence-electron chi connectivity index (χ1n) is 8.06. The number of allylic oxidation sites excluding steroid dienone is 1. The van der Waals surface area contributed by atoms with Crippen molar-refractivity contribution in [2.75, 3.05) is 13.2 Å². The molecule has 0 amide bonds. The van der Waals surface area contributed by atoms with E-state index < -0.39 is 12.6 Å². The molecule has 0 bridgehead atoms. The van der Waals surface area contributed by atoms with Crippen molar-refractivity contribution in [1.82, 2.24) is 0 Å². The Morgan fingerprint density at radius 2 is 1.83 bits per heavy atom. The van der Waals surface area contributed by atoms with Gasteiger partial charge in [-0.2, -0.15) is 4.76 Å². The number of nitrogens with zero attached hydrogens (tertiary/aromatic N) is 1. The van der Waals surface area contributed by atoms with Crippen LogP contribution >= 0.6 is 6.64 Å². The van der Waals surface area contributed by atoms with Crippen LogP contribution in [0.2, 0.25) is 0 Å². The molecule has 0 heterocycles. The second-order valence-corrected chi connectivity index (χ2v) is 7.83. The van der Waals surface area contributed by atoms with Crippen molar-refractivity contribution in [2.24, 2.45) is 10.5 Å². The average molecular weight is 364 g/mol. The summed E-state index contributed by atoms with van der Waals surface area (Å²) >= 11 is 5.45. The van der Waals surface area contributed by atoms with E-state index in [9.17, 15) is 4.79 Å². The highest BCUT2D eigenvalue weighted by Crippen LogP contribution is 2.52. The van der Waals surface area contributed by atoms with Gasteiger partial charge in [0.25, 0.3) is 0 Å². The minimum atomic E-state index is -2.96. The van der Waals surface area contributed by atoms with E-state index in [2.05, 4.69) is 4.76 Å². The molecule has 0 aliphatic rings. The summed E-state index contributed by atoms with van der Waals surface area (Å²) in [7, 11) is 0. The fourth-order valence-corrected chi connectivity index (χ4v) is 3.75. The van der Waals surface area contributed by atoms with Crippen molar-refractivity contribution in [3.8, 4) is 0 Å². The van der Waals surface area contributed by atoms with Crippen LogP contribution in [0, 0.1) is 0 Å². The molecular weight excluding hydrogens is 335 g/mol. The number of carbonyl (C=O) groups excluding carboxylic acids is 1. The number of carbonyl (C=O) groups is 1. The first-order chi connectivity index (χ1) is 10.9. The van der Waals surface area contributed by atoms with E-state index in [-0.39, 0.29) is 0 Å². The molecule has 0 aromatic carbocycles. The second kappa shape index (κ2) is 12.5. The third-order valence-electron chi connectivity index (χ3n) is 2.52. The van der Waals surface area contributed by atoms with Crippen LogP contribution in [-0.4, -0.2) is 25.0 Å². The van der Waals surface area contributed by atoms with Gasteiger partial charge in [-0.15, -0.1) is 0 Å². The zero-order valence-electron chi connectivity index (χ0n) is 14.5. The number of nitrogens with two attached hydrogens (primary N) is 1. The highest BCUT2D eigenvalue weighted by molar-refractivity contribution is 8.09. The minimum absolute atomic E-state index is 0.369. The maximum Gasteiger partial charge on any atom is 0.362 e. The summed E-state index contributed by atoms with van der Waals surface area (Å²) < 4.78 is 20.7. The van der Waals surface area contributed by atoms with Crippen LogP contribution in [0.4, 0.5) is 0 Å². The second-order valence-electron chi connectivity index (χ2n) is 4.87. The number of rotatable bonds is 12. The van der Waals surface area contributed by atoms with Gasteiger partial charge in [-0.1, -0.05) is 27.7 Å². The summed E-state index contributed by atoms with van der Waals surface area (Å²) in [5.41, 5.74) is 5.87. The molecule has 2 N–H and O–H groups in total. The first kappa shape index (κ1) is 22.1. The van der Waals surface area contributed by atoms with Crippen LogP contribution < -0.4 is 5.73 Å². The molecule has 1 atom stereocenters. The Bertz CT molecular complexity index is 466. The quantitative estimate of drug-likeness (QED) is 0.140. The molecule has 0 saturated carbocycles. The Hall–Kier alpha value is -0.910. The minimum Gasteiger partial charge on any atom is -0.462 e. The Balaban J connectivity index is 5.16. The summed E-state index contributed by atoms with van der Waals surface area (Å²) in [6.07, 6.45) is 4.82. The van der Waals surface area contributed by atoms with Crippen molar-refractivity contribution < 1.29 is 18.6 Å². The fraction of sp³-hybridized carbons (Fsp3) is 0.733. The lowest BCUT2D eigenvalue weighted by Gasteiger charge is -2.20. The van der Waals surface area contributed by atoms with Crippen molar-refractivity contribution in [2.45, 2.75) is 59.8 Å². The zero-order valence-corrected chi connectivity index (χ0v) is 16.3. The Labute approximate surface area is 144 Å². The number of amidine groups is 1. The molecule has 0 aromatic heterocycles. The predicted molar refractivity (Wildman–Crippen MR) is 97.8 cm³/mol.